The molecule has 5 nitrogen and oxygen atoms in total. The van der Waals surface area contributed by atoms with Gasteiger partial charge in [0.05, 0.1) is 16.8 Å². The zero-order valence-electron chi connectivity index (χ0n) is 22.1. The average Bonchev–Trinajstić information content (AvgIpc) is 3.41. The minimum Gasteiger partial charge on any atom is -0.404 e. The predicted octanol–water partition coefficient (Wildman–Crippen LogP) is 6.20. The van der Waals surface area contributed by atoms with E-state index in [1.165, 1.54) is 23.3 Å². The molecular formula is C32H33FN4OS. The number of nitrogens with one attached hydrogen (secondary N) is 1. The summed E-state index contributed by atoms with van der Waals surface area (Å²) in [7, 11) is 0. The lowest BCUT2D eigenvalue weighted by Gasteiger charge is -2.39. The quantitative estimate of drug-likeness (QED) is 0.235. The zero-order chi connectivity index (χ0) is 27.4. The molecule has 39 heavy (non-hydrogen) atoms. The smallest absolute Gasteiger partial charge is 0.192 e. The number of hydrogen-bond donors (Lipinski definition) is 3. The first-order valence-corrected chi connectivity index (χ1v) is 13.8. The highest BCUT2D eigenvalue weighted by molar-refractivity contribution is 7.78. The van der Waals surface area contributed by atoms with Crippen molar-refractivity contribution in [3.8, 4) is 0 Å². The number of carbonyl (C=O) groups excluding carboxylic acids is 1. The molecule has 0 bridgehead atoms. The van der Waals surface area contributed by atoms with Crippen molar-refractivity contribution in [1.29, 1.82) is 0 Å². The number of fused-ring (bicyclic) bond motifs is 1. The fourth-order valence-electron chi connectivity index (χ4n) is 5.80. The molecule has 1 unspecified atom stereocenters. The van der Waals surface area contributed by atoms with Gasteiger partial charge < -0.3 is 5.73 Å². The molecule has 3 N–H and O–H groups in total. The standard InChI is InChI=1S/C32H33FN4OS/c1-21-11-13-35-30(15-21)31(38)32(18-22-5-6-23-3-2-4-24(23)16-22)19-25(20-34)29(17-26(32)12-14-36-39)37-28-9-7-27(33)8-10-28/h5-11,13,15-17,20,36,39H,2-4,12,14,18-19,34H2,1H3. The lowest BCUT2D eigenvalue weighted by atomic mass is 9.63. The first kappa shape index (κ1) is 27.0. The molecule has 0 fully saturated rings. The second kappa shape index (κ2) is 11.7. The van der Waals surface area contributed by atoms with Gasteiger partial charge in [-0.1, -0.05) is 36.6 Å². The number of hydrogen-bond acceptors (Lipinski definition) is 6. The molecule has 5 rings (SSSR count). The minimum absolute atomic E-state index is 0.0303. The molecule has 2 aromatic carbocycles. The number of aliphatic imine (C=N–C) groups is 1. The molecule has 7 heteroatoms. The van der Waals surface area contributed by atoms with E-state index in [1.807, 2.05) is 25.1 Å². The van der Waals surface area contributed by atoms with E-state index in [4.69, 9.17) is 10.7 Å². The number of aromatic nitrogens is 1. The lowest BCUT2D eigenvalue weighted by Crippen LogP contribution is -2.41. The number of ketones is 1. The molecule has 0 radical (unpaired) electrons. The largest absolute Gasteiger partial charge is 0.404 e. The summed E-state index contributed by atoms with van der Waals surface area (Å²) in [5.74, 6) is -0.352. The Labute approximate surface area is 234 Å². The Morgan fingerprint density at radius 3 is 2.69 bits per heavy atom. The molecular weight excluding hydrogens is 507 g/mol. The van der Waals surface area contributed by atoms with Crippen LogP contribution in [0.5, 0.6) is 0 Å². The lowest BCUT2D eigenvalue weighted by molar-refractivity contribution is 0.0827. The highest BCUT2D eigenvalue weighted by Gasteiger charge is 2.46. The summed E-state index contributed by atoms with van der Waals surface area (Å²) < 4.78 is 16.5. The first-order valence-electron chi connectivity index (χ1n) is 13.3. The second-order valence-corrected chi connectivity index (χ2v) is 10.7. The van der Waals surface area contributed by atoms with Crippen molar-refractivity contribution in [1.82, 2.24) is 9.71 Å². The Kier molecular flexibility index (Phi) is 8.10. The van der Waals surface area contributed by atoms with Crippen molar-refractivity contribution in [2.24, 2.45) is 16.1 Å². The molecule has 1 atom stereocenters. The maximum Gasteiger partial charge on any atom is 0.192 e. The van der Waals surface area contributed by atoms with Crippen LogP contribution >= 0.6 is 12.8 Å². The summed E-state index contributed by atoms with van der Waals surface area (Å²) in [5, 5.41) is 0. The molecule has 3 aromatic rings. The minimum atomic E-state index is -0.898. The van der Waals surface area contributed by atoms with Gasteiger partial charge in [-0.05, 0) is 122 Å². The number of carbonyl (C=O) groups is 1. The highest BCUT2D eigenvalue weighted by atomic mass is 32.1. The van der Waals surface area contributed by atoms with Crippen LogP contribution in [-0.2, 0) is 19.3 Å². The molecule has 1 aromatic heterocycles. The number of nitrogens with zero attached hydrogens (tertiary/aromatic N) is 2. The van der Waals surface area contributed by atoms with E-state index >= 15 is 0 Å². The topological polar surface area (TPSA) is 80.4 Å². The molecule has 0 aliphatic heterocycles. The fourth-order valence-corrected chi connectivity index (χ4v) is 5.91. The van der Waals surface area contributed by atoms with E-state index < -0.39 is 5.41 Å². The second-order valence-electron chi connectivity index (χ2n) is 10.4. The normalized spacial score (nSPS) is 20.7. The van der Waals surface area contributed by atoms with Crippen molar-refractivity contribution < 1.29 is 9.18 Å². The number of thiol groups is 1. The van der Waals surface area contributed by atoms with Gasteiger partial charge in [-0.2, -0.15) is 0 Å². The Balaban J connectivity index is 1.67. The van der Waals surface area contributed by atoms with Gasteiger partial charge in [0, 0.05) is 12.7 Å². The van der Waals surface area contributed by atoms with Crippen LogP contribution in [0.15, 0.2) is 89.2 Å². The van der Waals surface area contributed by atoms with Crippen molar-refractivity contribution in [2.45, 2.75) is 45.4 Å². The van der Waals surface area contributed by atoms with Crippen molar-refractivity contribution in [2.75, 3.05) is 6.54 Å². The predicted molar refractivity (Wildman–Crippen MR) is 158 cm³/mol. The molecule has 0 amide bonds. The maximum absolute atomic E-state index is 14.6. The third-order valence-corrected chi connectivity index (χ3v) is 8.01. The van der Waals surface area contributed by atoms with Crippen LogP contribution in [0, 0.1) is 18.2 Å². The number of rotatable bonds is 8. The molecule has 0 saturated heterocycles. The van der Waals surface area contributed by atoms with Gasteiger partial charge in [0.1, 0.15) is 11.5 Å². The Morgan fingerprint density at radius 1 is 1.15 bits per heavy atom. The van der Waals surface area contributed by atoms with E-state index in [2.05, 4.69) is 40.7 Å². The van der Waals surface area contributed by atoms with E-state index in [0.29, 0.717) is 42.9 Å². The SMILES string of the molecule is Cc1ccnc(C(=O)C2(Cc3ccc4c(c3)CCC4)CC(=CN)C(=Nc3ccc(F)cc3)C=C2CCNS)c1. The summed E-state index contributed by atoms with van der Waals surface area (Å²) in [6.07, 6.45) is 10.0. The molecule has 0 saturated carbocycles. The van der Waals surface area contributed by atoms with E-state index in [-0.39, 0.29) is 11.6 Å². The summed E-state index contributed by atoms with van der Waals surface area (Å²) >= 11 is 4.23. The van der Waals surface area contributed by atoms with Gasteiger partial charge in [-0.3, -0.25) is 14.5 Å². The van der Waals surface area contributed by atoms with Crippen LogP contribution in [0.1, 0.15) is 52.0 Å². The van der Waals surface area contributed by atoms with Crippen LogP contribution in [-0.4, -0.2) is 23.0 Å². The zero-order valence-corrected chi connectivity index (χ0v) is 23.0. The Morgan fingerprint density at radius 2 is 1.95 bits per heavy atom. The monoisotopic (exact) mass is 540 g/mol. The summed E-state index contributed by atoms with van der Waals surface area (Å²) in [5.41, 5.74) is 13.6. The third-order valence-electron chi connectivity index (χ3n) is 7.78. The number of benzene rings is 2. The molecule has 0 spiro atoms. The van der Waals surface area contributed by atoms with E-state index in [0.717, 1.165) is 41.5 Å². The van der Waals surface area contributed by atoms with E-state index in [1.54, 1.807) is 24.5 Å². The van der Waals surface area contributed by atoms with Crippen LogP contribution < -0.4 is 10.5 Å². The summed E-state index contributed by atoms with van der Waals surface area (Å²) in [4.78, 5) is 23.8. The number of halogens is 1. The molecule has 2 aliphatic carbocycles. The van der Waals surface area contributed by atoms with Crippen molar-refractivity contribution in [3.63, 3.8) is 0 Å². The fraction of sp³-hybridized carbons (Fsp3) is 0.281. The van der Waals surface area contributed by atoms with Crippen LogP contribution in [0.4, 0.5) is 10.1 Å². The van der Waals surface area contributed by atoms with Crippen LogP contribution in [0.25, 0.3) is 0 Å². The molecule has 2 aliphatic rings. The van der Waals surface area contributed by atoms with Crippen LogP contribution in [0.2, 0.25) is 0 Å². The van der Waals surface area contributed by atoms with Gasteiger partial charge in [-0.25, -0.2) is 9.38 Å². The Bertz CT molecular complexity index is 1480. The van der Waals surface area contributed by atoms with Gasteiger partial charge in [-0.15, -0.1) is 0 Å². The number of Topliss-reactive ketones (excluding diaryl/α,β-unsaturated/α-hetero) is 1. The van der Waals surface area contributed by atoms with Gasteiger partial charge >= 0.3 is 0 Å². The Hall–Kier alpha value is -3.55. The van der Waals surface area contributed by atoms with Gasteiger partial charge in [0.2, 0.25) is 0 Å². The van der Waals surface area contributed by atoms with E-state index in [9.17, 15) is 9.18 Å². The highest BCUT2D eigenvalue weighted by Crippen LogP contribution is 2.46. The van der Waals surface area contributed by atoms with Gasteiger partial charge in [0.25, 0.3) is 0 Å². The number of aryl methyl sites for hydroxylation is 3. The third kappa shape index (κ3) is 5.75. The van der Waals surface area contributed by atoms with Crippen LogP contribution in [0.3, 0.4) is 0 Å². The molecule has 1 heterocycles. The van der Waals surface area contributed by atoms with Gasteiger partial charge in [0.15, 0.2) is 5.78 Å². The van der Waals surface area contributed by atoms with Crippen molar-refractivity contribution in [3.05, 3.63) is 118 Å². The first-order chi connectivity index (χ1) is 18.9. The number of pyridine rings is 1. The summed E-state index contributed by atoms with van der Waals surface area (Å²) in [6.45, 7) is 2.54. The van der Waals surface area contributed by atoms with Crippen molar-refractivity contribution >= 4 is 30.0 Å². The number of allylic oxidation sites excluding steroid dienone is 2. The number of nitrogens with two attached hydrogens (primary N) is 1. The maximum atomic E-state index is 14.6. The molecule has 200 valence electrons. The average molecular weight is 541 g/mol. The summed E-state index contributed by atoms with van der Waals surface area (Å²) in [6, 6.07) is 16.4.